The van der Waals surface area contributed by atoms with Gasteiger partial charge in [-0.15, -0.1) is 0 Å². The lowest BCUT2D eigenvalue weighted by Gasteiger charge is -2.25. The summed E-state index contributed by atoms with van der Waals surface area (Å²) in [5.74, 6) is 0. The molecular formula is C16H23N3O. The summed E-state index contributed by atoms with van der Waals surface area (Å²) >= 11 is 0. The van der Waals surface area contributed by atoms with Crippen molar-refractivity contribution in [2.45, 2.75) is 57.9 Å². The van der Waals surface area contributed by atoms with Gasteiger partial charge in [0.15, 0.2) is 0 Å². The van der Waals surface area contributed by atoms with E-state index in [0.29, 0.717) is 18.8 Å². The average Bonchev–Trinajstić information content (AvgIpc) is 2.85. The maximum absolute atomic E-state index is 6.05. The van der Waals surface area contributed by atoms with E-state index in [1.54, 1.807) is 0 Å². The van der Waals surface area contributed by atoms with Crippen molar-refractivity contribution >= 4 is 10.9 Å². The summed E-state index contributed by atoms with van der Waals surface area (Å²) in [5, 5.41) is 5.88. The molecule has 1 saturated carbocycles. The van der Waals surface area contributed by atoms with E-state index in [2.05, 4.69) is 36.3 Å². The first kappa shape index (κ1) is 13.6. The normalized spacial score (nSPS) is 23.3. The van der Waals surface area contributed by atoms with Crippen LogP contribution in [0.1, 0.15) is 38.3 Å². The second kappa shape index (κ2) is 5.94. The number of fused-ring (bicyclic) bond motifs is 1. The maximum atomic E-state index is 6.05. The van der Waals surface area contributed by atoms with Gasteiger partial charge in [-0.3, -0.25) is 4.68 Å². The number of para-hydroxylation sites is 1. The van der Waals surface area contributed by atoms with Crippen LogP contribution in [0, 0.1) is 0 Å². The number of nitrogens with two attached hydrogens (primary N) is 1. The van der Waals surface area contributed by atoms with Gasteiger partial charge >= 0.3 is 0 Å². The van der Waals surface area contributed by atoms with Crippen molar-refractivity contribution in [3.8, 4) is 0 Å². The first-order valence-electron chi connectivity index (χ1n) is 7.59. The quantitative estimate of drug-likeness (QED) is 0.932. The highest BCUT2D eigenvalue weighted by atomic mass is 16.5. The molecule has 1 aromatic heterocycles. The molecule has 2 N–H and O–H groups in total. The Morgan fingerprint density at radius 3 is 2.75 bits per heavy atom. The molecule has 1 aliphatic rings. The van der Waals surface area contributed by atoms with Crippen LogP contribution in [0.25, 0.3) is 10.9 Å². The zero-order valence-corrected chi connectivity index (χ0v) is 12.1. The number of hydrogen-bond acceptors (Lipinski definition) is 3. The fraction of sp³-hybridized carbons (Fsp3) is 0.562. The lowest BCUT2D eigenvalue weighted by atomic mass is 9.94. The van der Waals surface area contributed by atoms with Crippen LogP contribution in [-0.4, -0.2) is 21.9 Å². The van der Waals surface area contributed by atoms with E-state index in [1.165, 1.54) is 10.9 Å². The minimum Gasteiger partial charge on any atom is -0.372 e. The predicted octanol–water partition coefficient (Wildman–Crippen LogP) is 2.84. The molecule has 4 nitrogen and oxygen atoms in total. The van der Waals surface area contributed by atoms with Crippen molar-refractivity contribution in [1.29, 1.82) is 0 Å². The summed E-state index contributed by atoms with van der Waals surface area (Å²) in [7, 11) is 0. The zero-order chi connectivity index (χ0) is 13.9. The molecule has 3 rings (SSSR count). The van der Waals surface area contributed by atoms with Crippen LogP contribution in [0.3, 0.4) is 0 Å². The van der Waals surface area contributed by atoms with Gasteiger partial charge in [-0.25, -0.2) is 0 Å². The second-order valence-electron chi connectivity index (χ2n) is 5.63. The summed E-state index contributed by atoms with van der Waals surface area (Å²) in [5.41, 5.74) is 8.18. The standard InChI is InChI=1S/C16H23N3O/c1-2-19-16-6-4-3-5-14(16)15(18-19)11-20-13-9-7-12(17)8-10-13/h3-6,12-13H,2,7-11,17H2,1H3. The average molecular weight is 273 g/mol. The summed E-state index contributed by atoms with van der Waals surface area (Å²) in [6, 6.07) is 8.74. The van der Waals surface area contributed by atoms with Crippen LogP contribution in [-0.2, 0) is 17.9 Å². The molecular weight excluding hydrogens is 250 g/mol. The van der Waals surface area contributed by atoms with Crippen molar-refractivity contribution in [2.75, 3.05) is 0 Å². The lowest BCUT2D eigenvalue weighted by Crippen LogP contribution is -2.30. The number of aryl methyl sites for hydroxylation is 1. The van der Waals surface area contributed by atoms with Crippen LogP contribution in [0.15, 0.2) is 24.3 Å². The Balaban J connectivity index is 1.71. The fourth-order valence-corrected chi connectivity index (χ4v) is 3.00. The highest BCUT2D eigenvalue weighted by Gasteiger charge is 2.19. The third-order valence-electron chi connectivity index (χ3n) is 4.21. The second-order valence-corrected chi connectivity index (χ2v) is 5.63. The van der Waals surface area contributed by atoms with Crippen molar-refractivity contribution < 1.29 is 4.74 Å². The minimum atomic E-state index is 0.348. The number of benzene rings is 1. The van der Waals surface area contributed by atoms with Crippen LogP contribution in [0.2, 0.25) is 0 Å². The molecule has 0 aliphatic heterocycles. The van der Waals surface area contributed by atoms with Gasteiger partial charge < -0.3 is 10.5 Å². The van der Waals surface area contributed by atoms with Gasteiger partial charge in [0.1, 0.15) is 0 Å². The lowest BCUT2D eigenvalue weighted by molar-refractivity contribution is 0.0125. The Morgan fingerprint density at radius 2 is 2.00 bits per heavy atom. The topological polar surface area (TPSA) is 53.1 Å². The van der Waals surface area contributed by atoms with Gasteiger partial charge in [0, 0.05) is 18.0 Å². The summed E-state index contributed by atoms with van der Waals surface area (Å²) in [4.78, 5) is 0. The molecule has 4 heteroatoms. The highest BCUT2D eigenvalue weighted by Crippen LogP contribution is 2.23. The first-order valence-corrected chi connectivity index (χ1v) is 7.59. The van der Waals surface area contributed by atoms with E-state index in [1.807, 2.05) is 4.68 Å². The Bertz CT molecular complexity index is 570. The Hall–Kier alpha value is -1.39. The van der Waals surface area contributed by atoms with Crippen molar-refractivity contribution in [3.05, 3.63) is 30.0 Å². The van der Waals surface area contributed by atoms with E-state index in [9.17, 15) is 0 Å². The summed E-state index contributed by atoms with van der Waals surface area (Å²) < 4.78 is 8.10. The summed E-state index contributed by atoms with van der Waals surface area (Å²) in [6.07, 6.45) is 4.66. The molecule has 1 aliphatic carbocycles. The molecule has 1 heterocycles. The molecule has 0 atom stereocenters. The minimum absolute atomic E-state index is 0.348. The van der Waals surface area contributed by atoms with E-state index in [0.717, 1.165) is 37.9 Å². The smallest absolute Gasteiger partial charge is 0.0960 e. The van der Waals surface area contributed by atoms with Crippen molar-refractivity contribution in [3.63, 3.8) is 0 Å². The monoisotopic (exact) mass is 273 g/mol. The molecule has 0 amide bonds. The molecule has 0 bridgehead atoms. The van der Waals surface area contributed by atoms with Gasteiger partial charge in [-0.2, -0.15) is 5.10 Å². The predicted molar refractivity (Wildman–Crippen MR) is 80.4 cm³/mol. The van der Waals surface area contributed by atoms with E-state index in [-0.39, 0.29) is 0 Å². The summed E-state index contributed by atoms with van der Waals surface area (Å²) in [6.45, 7) is 3.61. The van der Waals surface area contributed by atoms with Crippen LogP contribution < -0.4 is 5.73 Å². The number of hydrogen-bond donors (Lipinski definition) is 1. The van der Waals surface area contributed by atoms with Crippen LogP contribution >= 0.6 is 0 Å². The SMILES string of the molecule is CCn1nc(COC2CCC(N)CC2)c2ccccc21. The molecule has 0 unspecified atom stereocenters. The zero-order valence-electron chi connectivity index (χ0n) is 12.1. The number of rotatable bonds is 4. The van der Waals surface area contributed by atoms with Gasteiger partial charge in [0.2, 0.25) is 0 Å². The molecule has 0 spiro atoms. The van der Waals surface area contributed by atoms with Gasteiger partial charge in [0.25, 0.3) is 0 Å². The molecule has 108 valence electrons. The highest BCUT2D eigenvalue weighted by molar-refractivity contribution is 5.81. The van der Waals surface area contributed by atoms with Gasteiger partial charge in [-0.05, 0) is 38.7 Å². The largest absolute Gasteiger partial charge is 0.372 e. The van der Waals surface area contributed by atoms with Crippen molar-refractivity contribution in [2.24, 2.45) is 5.73 Å². The third kappa shape index (κ3) is 2.72. The number of ether oxygens (including phenoxy) is 1. The molecule has 0 saturated heterocycles. The molecule has 0 radical (unpaired) electrons. The fourth-order valence-electron chi connectivity index (χ4n) is 3.00. The van der Waals surface area contributed by atoms with E-state index >= 15 is 0 Å². The van der Waals surface area contributed by atoms with Gasteiger partial charge in [0.05, 0.1) is 23.9 Å². The number of nitrogens with zero attached hydrogens (tertiary/aromatic N) is 2. The Morgan fingerprint density at radius 1 is 1.25 bits per heavy atom. The molecule has 1 aromatic carbocycles. The first-order chi connectivity index (χ1) is 9.78. The van der Waals surface area contributed by atoms with E-state index in [4.69, 9.17) is 10.5 Å². The maximum Gasteiger partial charge on any atom is 0.0960 e. The van der Waals surface area contributed by atoms with Gasteiger partial charge in [-0.1, -0.05) is 18.2 Å². The molecule has 20 heavy (non-hydrogen) atoms. The third-order valence-corrected chi connectivity index (χ3v) is 4.21. The van der Waals surface area contributed by atoms with Crippen LogP contribution in [0.4, 0.5) is 0 Å². The van der Waals surface area contributed by atoms with E-state index < -0.39 is 0 Å². The molecule has 2 aromatic rings. The number of aromatic nitrogens is 2. The van der Waals surface area contributed by atoms with Crippen LogP contribution in [0.5, 0.6) is 0 Å². The Labute approximate surface area is 119 Å². The molecule has 1 fully saturated rings. The Kier molecular flexibility index (Phi) is 4.03. The van der Waals surface area contributed by atoms with Crippen molar-refractivity contribution in [1.82, 2.24) is 9.78 Å².